The number of nitrogens with zero attached hydrogens (tertiary/aromatic N) is 2. The van der Waals surface area contributed by atoms with Gasteiger partial charge < -0.3 is 19.7 Å². The first kappa shape index (κ1) is 17.5. The van der Waals surface area contributed by atoms with E-state index < -0.39 is 0 Å². The number of ether oxygens (including phenoxy) is 2. The quantitative estimate of drug-likeness (QED) is 0.472. The number of guanidine groups is 1. The Labute approximate surface area is 152 Å². The van der Waals surface area contributed by atoms with Crippen LogP contribution in [0, 0.1) is 5.41 Å². The van der Waals surface area contributed by atoms with Gasteiger partial charge in [-0.25, -0.2) is 4.99 Å². The second-order valence-corrected chi connectivity index (χ2v) is 7.43. The molecule has 0 amide bonds. The molecule has 24 heavy (non-hydrogen) atoms. The Balaban J connectivity index is 1.52. The van der Waals surface area contributed by atoms with Crippen molar-refractivity contribution in [1.82, 2.24) is 10.2 Å². The van der Waals surface area contributed by atoms with Gasteiger partial charge in [0.25, 0.3) is 0 Å². The summed E-state index contributed by atoms with van der Waals surface area (Å²) in [4.78, 5) is 7.11. The molecule has 1 aromatic carbocycles. The highest BCUT2D eigenvalue weighted by atomic mass is 79.9. The summed E-state index contributed by atoms with van der Waals surface area (Å²) < 4.78 is 12.4. The van der Waals surface area contributed by atoms with Gasteiger partial charge >= 0.3 is 0 Å². The van der Waals surface area contributed by atoms with E-state index in [4.69, 9.17) is 14.5 Å². The third-order valence-electron chi connectivity index (χ3n) is 4.68. The number of rotatable bonds is 5. The van der Waals surface area contributed by atoms with Gasteiger partial charge in [0.05, 0.1) is 13.2 Å². The van der Waals surface area contributed by atoms with E-state index in [1.807, 2.05) is 24.3 Å². The summed E-state index contributed by atoms with van der Waals surface area (Å²) >= 11 is 3.45. The number of nitrogens with one attached hydrogen (secondary N) is 1. The second-order valence-electron chi connectivity index (χ2n) is 6.52. The minimum absolute atomic E-state index is 0.350. The maximum Gasteiger partial charge on any atom is 0.194 e. The van der Waals surface area contributed by atoms with Gasteiger partial charge in [-0.3, -0.25) is 0 Å². The summed E-state index contributed by atoms with van der Waals surface area (Å²) in [5, 5.41) is 3.41. The van der Waals surface area contributed by atoms with E-state index in [2.05, 4.69) is 33.1 Å². The minimum atomic E-state index is 0.350. The fourth-order valence-electron chi connectivity index (χ4n) is 3.38. The highest BCUT2D eigenvalue weighted by molar-refractivity contribution is 9.10. The molecule has 1 atom stereocenters. The Morgan fingerprint density at radius 3 is 3.12 bits per heavy atom. The molecule has 2 aliphatic heterocycles. The molecule has 0 aromatic heterocycles. The van der Waals surface area contributed by atoms with Gasteiger partial charge in [-0.05, 0) is 38.0 Å². The van der Waals surface area contributed by atoms with Crippen molar-refractivity contribution in [1.29, 1.82) is 0 Å². The Hall–Kier alpha value is -1.27. The van der Waals surface area contributed by atoms with Crippen LogP contribution in [0.5, 0.6) is 5.75 Å². The van der Waals surface area contributed by atoms with Crippen molar-refractivity contribution >= 4 is 21.9 Å². The van der Waals surface area contributed by atoms with Gasteiger partial charge in [0.1, 0.15) is 12.4 Å². The molecule has 0 bridgehead atoms. The summed E-state index contributed by atoms with van der Waals surface area (Å²) in [6.45, 7) is 8.12. The van der Waals surface area contributed by atoms with Crippen LogP contribution in [0.2, 0.25) is 0 Å². The number of likely N-dealkylation sites (tertiary alicyclic amines) is 1. The maximum absolute atomic E-state index is 5.77. The zero-order valence-corrected chi connectivity index (χ0v) is 15.8. The smallest absolute Gasteiger partial charge is 0.194 e. The van der Waals surface area contributed by atoms with Gasteiger partial charge in [-0.1, -0.05) is 22.0 Å². The lowest BCUT2D eigenvalue weighted by Gasteiger charge is -2.25. The lowest BCUT2D eigenvalue weighted by molar-refractivity contribution is 0.156. The summed E-state index contributed by atoms with van der Waals surface area (Å²) in [5.74, 6) is 1.87. The largest absolute Gasteiger partial charge is 0.492 e. The van der Waals surface area contributed by atoms with Gasteiger partial charge in [-0.2, -0.15) is 0 Å². The molecule has 0 radical (unpaired) electrons. The molecule has 2 saturated heterocycles. The third kappa shape index (κ3) is 4.42. The van der Waals surface area contributed by atoms with E-state index in [0.29, 0.717) is 18.6 Å². The fraction of sp³-hybridized carbons (Fsp3) is 0.611. The van der Waals surface area contributed by atoms with Crippen LogP contribution < -0.4 is 10.1 Å². The van der Waals surface area contributed by atoms with Gasteiger partial charge in [0.2, 0.25) is 0 Å². The first-order valence-corrected chi connectivity index (χ1v) is 9.49. The number of halogens is 1. The minimum Gasteiger partial charge on any atom is -0.492 e. The summed E-state index contributed by atoms with van der Waals surface area (Å²) in [6.07, 6.45) is 2.38. The molecule has 2 heterocycles. The molecule has 0 saturated carbocycles. The highest BCUT2D eigenvalue weighted by Crippen LogP contribution is 2.38. The van der Waals surface area contributed by atoms with Crippen LogP contribution >= 0.6 is 15.9 Å². The Morgan fingerprint density at radius 2 is 2.38 bits per heavy atom. The topological polar surface area (TPSA) is 46.1 Å². The number of hydrogen-bond acceptors (Lipinski definition) is 3. The maximum atomic E-state index is 5.77. The van der Waals surface area contributed by atoms with Gasteiger partial charge in [-0.15, -0.1) is 0 Å². The third-order valence-corrected chi connectivity index (χ3v) is 5.17. The van der Waals surface area contributed by atoms with Gasteiger partial charge in [0.15, 0.2) is 5.96 Å². The van der Waals surface area contributed by atoms with Crippen LogP contribution in [0.25, 0.3) is 0 Å². The molecule has 6 heteroatoms. The molecule has 5 nitrogen and oxygen atoms in total. The first-order chi connectivity index (χ1) is 11.7. The molecular weight excluding hydrogens is 370 g/mol. The lowest BCUT2D eigenvalue weighted by atomic mass is 9.87. The molecule has 2 aliphatic rings. The Morgan fingerprint density at radius 1 is 1.46 bits per heavy atom. The molecule has 132 valence electrons. The predicted molar refractivity (Wildman–Crippen MR) is 99.7 cm³/mol. The summed E-state index contributed by atoms with van der Waals surface area (Å²) in [5.41, 5.74) is 0.350. The number of aliphatic imine (C=N–C) groups is 1. The first-order valence-electron chi connectivity index (χ1n) is 8.70. The van der Waals surface area contributed by atoms with Crippen molar-refractivity contribution in [2.45, 2.75) is 19.8 Å². The highest BCUT2D eigenvalue weighted by Gasteiger charge is 2.42. The van der Waals surface area contributed by atoms with Crippen molar-refractivity contribution in [2.24, 2.45) is 10.4 Å². The van der Waals surface area contributed by atoms with Crippen LogP contribution in [-0.2, 0) is 4.74 Å². The standard InChI is InChI=1S/C18H26BrN3O2/c1-2-20-17(22-9-6-18(13-22)7-10-23-14-18)21-8-11-24-16-5-3-4-15(19)12-16/h3-5,12H,2,6-11,13-14H2,1H3,(H,20,21). The fourth-order valence-corrected chi connectivity index (χ4v) is 3.76. The average Bonchev–Trinajstić information content (AvgIpc) is 3.21. The van der Waals surface area contributed by atoms with Crippen LogP contribution in [0.4, 0.5) is 0 Å². The Bertz CT molecular complexity index is 573. The molecule has 1 aromatic rings. The zero-order valence-electron chi connectivity index (χ0n) is 14.3. The Kier molecular flexibility index (Phi) is 6.00. The zero-order chi connectivity index (χ0) is 16.8. The van der Waals surface area contributed by atoms with E-state index in [-0.39, 0.29) is 0 Å². The van der Waals surface area contributed by atoms with Crippen LogP contribution in [0.3, 0.4) is 0 Å². The van der Waals surface area contributed by atoms with Crippen molar-refractivity contribution in [3.05, 3.63) is 28.7 Å². The number of benzene rings is 1. The van der Waals surface area contributed by atoms with Gasteiger partial charge in [0, 0.05) is 36.1 Å². The SMILES string of the molecule is CCNC(=NCCOc1cccc(Br)c1)N1CCC2(CCOC2)C1. The van der Waals surface area contributed by atoms with E-state index in [9.17, 15) is 0 Å². The van der Waals surface area contributed by atoms with Crippen LogP contribution in [0.1, 0.15) is 19.8 Å². The molecule has 1 unspecified atom stereocenters. The molecule has 0 aliphatic carbocycles. The van der Waals surface area contributed by atoms with E-state index in [1.165, 1.54) is 12.8 Å². The van der Waals surface area contributed by atoms with E-state index in [1.54, 1.807) is 0 Å². The normalized spacial score (nSPS) is 23.9. The van der Waals surface area contributed by atoms with Crippen molar-refractivity contribution in [2.75, 3.05) is 46.0 Å². The van der Waals surface area contributed by atoms with Crippen molar-refractivity contribution in [3.8, 4) is 5.75 Å². The number of hydrogen-bond donors (Lipinski definition) is 1. The predicted octanol–water partition coefficient (Wildman–Crippen LogP) is 2.91. The summed E-state index contributed by atoms with van der Waals surface area (Å²) in [6, 6.07) is 7.90. The molecule has 2 fully saturated rings. The summed E-state index contributed by atoms with van der Waals surface area (Å²) in [7, 11) is 0. The monoisotopic (exact) mass is 395 g/mol. The van der Waals surface area contributed by atoms with E-state index in [0.717, 1.165) is 49.0 Å². The van der Waals surface area contributed by atoms with Crippen LogP contribution in [-0.4, -0.2) is 56.9 Å². The molecular formula is C18H26BrN3O2. The molecule has 1 N–H and O–H groups in total. The van der Waals surface area contributed by atoms with Crippen LogP contribution in [0.15, 0.2) is 33.7 Å². The van der Waals surface area contributed by atoms with E-state index >= 15 is 0 Å². The van der Waals surface area contributed by atoms with Crippen molar-refractivity contribution in [3.63, 3.8) is 0 Å². The second kappa shape index (κ2) is 8.21. The van der Waals surface area contributed by atoms with Crippen molar-refractivity contribution < 1.29 is 9.47 Å². The lowest BCUT2D eigenvalue weighted by Crippen LogP contribution is -2.41. The average molecular weight is 396 g/mol. The molecule has 3 rings (SSSR count). The molecule has 1 spiro atoms.